The van der Waals surface area contributed by atoms with Crippen LogP contribution >= 0.6 is 0 Å². The van der Waals surface area contributed by atoms with Gasteiger partial charge in [-0.25, -0.2) is 9.59 Å². The standard InChI is InChI=1S/C13H24N2O5/c1-9(2)20-6-5-14(3)13(18)15-8-10(19-4)7-11(15)12(16)17/h9-11H,5-8H2,1-4H3,(H,16,17). The number of carboxylic acids is 1. The van der Waals surface area contributed by atoms with Crippen LogP contribution in [-0.2, 0) is 14.3 Å². The lowest BCUT2D eigenvalue weighted by Crippen LogP contribution is -2.47. The molecular weight excluding hydrogens is 264 g/mol. The van der Waals surface area contributed by atoms with Gasteiger partial charge in [-0.1, -0.05) is 0 Å². The van der Waals surface area contributed by atoms with E-state index in [-0.39, 0.29) is 18.2 Å². The van der Waals surface area contributed by atoms with E-state index < -0.39 is 12.0 Å². The summed E-state index contributed by atoms with van der Waals surface area (Å²) in [6.45, 7) is 5.01. The minimum Gasteiger partial charge on any atom is -0.480 e. The summed E-state index contributed by atoms with van der Waals surface area (Å²) in [6, 6.07) is -1.12. The number of likely N-dealkylation sites (tertiary alicyclic amines) is 1. The Morgan fingerprint density at radius 2 is 2.10 bits per heavy atom. The lowest BCUT2D eigenvalue weighted by molar-refractivity contribution is -0.141. The number of methoxy groups -OCH3 is 1. The quantitative estimate of drug-likeness (QED) is 0.776. The predicted octanol–water partition coefficient (Wildman–Crippen LogP) is 0.637. The second-order valence-electron chi connectivity index (χ2n) is 5.22. The van der Waals surface area contributed by atoms with Crippen molar-refractivity contribution in [2.24, 2.45) is 0 Å². The summed E-state index contributed by atoms with van der Waals surface area (Å²) in [7, 11) is 3.17. The fraction of sp³-hybridized carbons (Fsp3) is 0.846. The van der Waals surface area contributed by atoms with Gasteiger partial charge >= 0.3 is 12.0 Å². The third kappa shape index (κ3) is 4.35. The van der Waals surface area contributed by atoms with Gasteiger partial charge in [0.05, 0.1) is 18.8 Å². The number of amides is 2. The average molecular weight is 288 g/mol. The van der Waals surface area contributed by atoms with E-state index in [1.165, 1.54) is 16.9 Å². The fourth-order valence-corrected chi connectivity index (χ4v) is 2.15. The van der Waals surface area contributed by atoms with Crippen LogP contribution in [0.2, 0.25) is 0 Å². The molecule has 0 aromatic rings. The Morgan fingerprint density at radius 3 is 2.60 bits per heavy atom. The molecule has 1 N–H and O–H groups in total. The number of carboxylic acid groups (broad SMARTS) is 1. The fourth-order valence-electron chi connectivity index (χ4n) is 2.15. The minimum atomic E-state index is -0.996. The topological polar surface area (TPSA) is 79.3 Å². The molecule has 2 atom stereocenters. The van der Waals surface area contributed by atoms with E-state index in [4.69, 9.17) is 9.47 Å². The third-order valence-electron chi connectivity index (χ3n) is 3.33. The molecule has 1 heterocycles. The van der Waals surface area contributed by atoms with Crippen LogP contribution in [0, 0.1) is 0 Å². The van der Waals surface area contributed by atoms with Crippen LogP contribution in [0.1, 0.15) is 20.3 Å². The molecular formula is C13H24N2O5. The van der Waals surface area contributed by atoms with Crippen LogP contribution in [0.5, 0.6) is 0 Å². The number of nitrogens with zero attached hydrogens (tertiary/aromatic N) is 2. The molecule has 0 saturated carbocycles. The molecule has 0 aromatic carbocycles. The zero-order valence-corrected chi connectivity index (χ0v) is 12.5. The molecule has 1 aliphatic heterocycles. The second kappa shape index (κ2) is 7.44. The maximum absolute atomic E-state index is 12.3. The van der Waals surface area contributed by atoms with Crippen molar-refractivity contribution < 1.29 is 24.2 Å². The SMILES string of the molecule is COC1CC(C(=O)O)N(C(=O)N(C)CCOC(C)C)C1. The average Bonchev–Trinajstić information content (AvgIpc) is 2.81. The highest BCUT2D eigenvalue weighted by molar-refractivity contribution is 5.83. The maximum Gasteiger partial charge on any atom is 0.326 e. The van der Waals surface area contributed by atoms with E-state index in [0.717, 1.165) is 0 Å². The van der Waals surface area contributed by atoms with Crippen molar-refractivity contribution in [3.05, 3.63) is 0 Å². The Bertz CT molecular complexity index is 348. The van der Waals surface area contributed by atoms with Gasteiger partial charge in [0.2, 0.25) is 0 Å². The highest BCUT2D eigenvalue weighted by Gasteiger charge is 2.40. The molecule has 7 heteroatoms. The number of urea groups is 1. The lowest BCUT2D eigenvalue weighted by Gasteiger charge is -2.27. The van der Waals surface area contributed by atoms with Crippen LogP contribution in [0.3, 0.4) is 0 Å². The Morgan fingerprint density at radius 1 is 1.45 bits per heavy atom. The number of hydrogen-bond acceptors (Lipinski definition) is 4. The smallest absolute Gasteiger partial charge is 0.326 e. The van der Waals surface area contributed by atoms with Crippen LogP contribution < -0.4 is 0 Å². The Balaban J connectivity index is 2.57. The first kappa shape index (κ1) is 16.7. The molecule has 0 bridgehead atoms. The van der Waals surface area contributed by atoms with Gasteiger partial charge in [-0.05, 0) is 13.8 Å². The molecule has 116 valence electrons. The van der Waals surface area contributed by atoms with Gasteiger partial charge < -0.3 is 24.4 Å². The molecule has 1 rings (SSSR count). The summed E-state index contributed by atoms with van der Waals surface area (Å²) in [5.74, 6) is -0.996. The minimum absolute atomic E-state index is 0.106. The molecule has 2 amide bonds. The van der Waals surface area contributed by atoms with Crippen molar-refractivity contribution in [2.45, 2.75) is 38.5 Å². The molecule has 0 radical (unpaired) electrons. The zero-order chi connectivity index (χ0) is 15.3. The summed E-state index contributed by atoms with van der Waals surface area (Å²) in [6.07, 6.45) is 0.212. The molecule has 1 aliphatic rings. The second-order valence-corrected chi connectivity index (χ2v) is 5.22. The number of hydrogen-bond donors (Lipinski definition) is 1. The molecule has 7 nitrogen and oxygen atoms in total. The normalized spacial score (nSPS) is 22.4. The first-order chi connectivity index (χ1) is 9.36. The van der Waals surface area contributed by atoms with Gasteiger partial charge in [-0.3, -0.25) is 0 Å². The van der Waals surface area contributed by atoms with E-state index in [1.807, 2.05) is 13.8 Å². The first-order valence-corrected chi connectivity index (χ1v) is 6.75. The predicted molar refractivity (Wildman–Crippen MR) is 72.7 cm³/mol. The van der Waals surface area contributed by atoms with Crippen molar-refractivity contribution in [1.29, 1.82) is 0 Å². The molecule has 0 aliphatic carbocycles. The highest BCUT2D eigenvalue weighted by Crippen LogP contribution is 2.21. The number of ether oxygens (including phenoxy) is 2. The molecule has 1 saturated heterocycles. The summed E-state index contributed by atoms with van der Waals surface area (Å²) in [5, 5.41) is 9.18. The van der Waals surface area contributed by atoms with Crippen LogP contribution in [0.25, 0.3) is 0 Å². The van der Waals surface area contributed by atoms with E-state index in [0.29, 0.717) is 26.1 Å². The number of rotatable bonds is 6. The number of carbonyl (C=O) groups excluding carboxylic acids is 1. The van der Waals surface area contributed by atoms with Crippen molar-refractivity contribution in [3.63, 3.8) is 0 Å². The van der Waals surface area contributed by atoms with Gasteiger partial charge in [-0.2, -0.15) is 0 Å². The van der Waals surface area contributed by atoms with E-state index in [9.17, 15) is 14.7 Å². The van der Waals surface area contributed by atoms with E-state index in [1.54, 1.807) is 7.05 Å². The largest absolute Gasteiger partial charge is 0.480 e. The lowest BCUT2D eigenvalue weighted by atomic mass is 10.2. The third-order valence-corrected chi connectivity index (χ3v) is 3.33. The van der Waals surface area contributed by atoms with Crippen LogP contribution in [0.15, 0.2) is 0 Å². The monoisotopic (exact) mass is 288 g/mol. The highest BCUT2D eigenvalue weighted by atomic mass is 16.5. The van der Waals surface area contributed by atoms with Gasteiger partial charge in [0.1, 0.15) is 6.04 Å². The van der Waals surface area contributed by atoms with Gasteiger partial charge in [0.25, 0.3) is 0 Å². The van der Waals surface area contributed by atoms with Crippen LogP contribution in [-0.4, -0.2) is 79.0 Å². The van der Waals surface area contributed by atoms with E-state index >= 15 is 0 Å². The Kier molecular flexibility index (Phi) is 6.22. The Labute approximate surface area is 119 Å². The van der Waals surface area contributed by atoms with Gasteiger partial charge in [0.15, 0.2) is 0 Å². The summed E-state index contributed by atoms with van der Waals surface area (Å²) < 4.78 is 10.6. The van der Waals surface area contributed by atoms with Crippen LogP contribution in [0.4, 0.5) is 4.79 Å². The zero-order valence-electron chi connectivity index (χ0n) is 12.5. The van der Waals surface area contributed by atoms with Crippen molar-refractivity contribution >= 4 is 12.0 Å². The molecule has 0 spiro atoms. The van der Waals surface area contributed by atoms with E-state index in [2.05, 4.69) is 0 Å². The van der Waals surface area contributed by atoms with Crippen molar-refractivity contribution in [2.75, 3.05) is 33.9 Å². The number of carbonyl (C=O) groups is 2. The summed E-state index contributed by atoms with van der Waals surface area (Å²) in [5.41, 5.74) is 0. The first-order valence-electron chi connectivity index (χ1n) is 6.75. The van der Waals surface area contributed by atoms with Gasteiger partial charge in [0, 0.05) is 33.7 Å². The summed E-state index contributed by atoms with van der Waals surface area (Å²) >= 11 is 0. The molecule has 2 unspecified atom stereocenters. The van der Waals surface area contributed by atoms with Gasteiger partial charge in [-0.15, -0.1) is 0 Å². The maximum atomic E-state index is 12.3. The number of likely N-dealkylation sites (N-methyl/N-ethyl adjacent to an activating group) is 1. The van der Waals surface area contributed by atoms with Crippen molar-refractivity contribution in [3.8, 4) is 0 Å². The molecule has 1 fully saturated rings. The summed E-state index contributed by atoms with van der Waals surface area (Å²) in [4.78, 5) is 26.3. The number of aliphatic carboxylic acids is 1. The molecule has 0 aromatic heterocycles. The Hall–Kier alpha value is -1.34. The molecule has 20 heavy (non-hydrogen) atoms. The van der Waals surface area contributed by atoms with Crippen molar-refractivity contribution in [1.82, 2.24) is 9.80 Å².